The molecule has 1 heterocycles. The molecule has 0 fully saturated rings. The van der Waals surface area contributed by atoms with E-state index in [-0.39, 0.29) is 16.1 Å². The molecule has 0 radical (unpaired) electrons. The Kier molecular flexibility index (Phi) is 3.22. The van der Waals surface area contributed by atoms with E-state index < -0.39 is 26.7 Å². The first-order valence-electron chi connectivity index (χ1n) is 6.16. The van der Waals surface area contributed by atoms with E-state index in [2.05, 4.69) is 15.1 Å². The third kappa shape index (κ3) is 2.35. The molecule has 0 bridgehead atoms. The lowest BCUT2D eigenvalue weighted by Crippen LogP contribution is -2.22. The van der Waals surface area contributed by atoms with Crippen molar-refractivity contribution in [1.82, 2.24) is 5.16 Å². The highest BCUT2D eigenvalue weighted by atomic mass is 16.8. The summed E-state index contributed by atoms with van der Waals surface area (Å²) >= 11 is 0. The van der Waals surface area contributed by atoms with E-state index in [1.165, 1.54) is 0 Å². The topological polar surface area (TPSA) is 151 Å². The quantitative estimate of drug-likeness (QED) is 0.436. The van der Waals surface area contributed by atoms with Crippen LogP contribution in [0.2, 0.25) is 0 Å². The number of rotatable bonds is 4. The Morgan fingerprint density at radius 3 is 2.43 bits per heavy atom. The van der Waals surface area contributed by atoms with Crippen LogP contribution in [0, 0.1) is 25.4 Å². The molecule has 2 aromatic carbocycles. The van der Waals surface area contributed by atoms with Gasteiger partial charge >= 0.3 is 16.9 Å². The lowest BCUT2D eigenvalue weighted by atomic mass is 10.2. The summed E-state index contributed by atoms with van der Waals surface area (Å²) in [5.74, 6) is 0. The molecular formula is C12H7N5O6. The third-order valence-electron chi connectivity index (χ3n) is 3.06. The molecule has 0 atom stereocenters. The van der Waals surface area contributed by atoms with Gasteiger partial charge in [0.25, 0.3) is 0 Å². The van der Waals surface area contributed by atoms with Gasteiger partial charge in [-0.2, -0.15) is 0 Å². The van der Waals surface area contributed by atoms with Gasteiger partial charge in [0, 0.05) is 5.69 Å². The summed E-state index contributed by atoms with van der Waals surface area (Å²) in [7, 11) is 0. The zero-order valence-corrected chi connectivity index (χ0v) is 11.2. The van der Waals surface area contributed by atoms with Gasteiger partial charge in [0.2, 0.25) is 11.2 Å². The van der Waals surface area contributed by atoms with Crippen LogP contribution in [0.5, 0.6) is 0 Å². The van der Waals surface area contributed by atoms with Gasteiger partial charge in [-0.1, -0.05) is 18.2 Å². The molecule has 0 aliphatic carbocycles. The summed E-state index contributed by atoms with van der Waals surface area (Å²) in [5, 5.41) is 40.0. The van der Waals surface area contributed by atoms with Crippen LogP contribution >= 0.6 is 0 Å². The molecule has 0 aliphatic rings. The number of aromatic nitrogens is 2. The number of para-hydroxylation sites is 1. The summed E-state index contributed by atoms with van der Waals surface area (Å²) in [6, 6.07) is 9.05. The van der Waals surface area contributed by atoms with E-state index in [4.69, 9.17) is 0 Å². The maximum absolute atomic E-state index is 11.4. The van der Waals surface area contributed by atoms with Gasteiger partial charge in [-0.05, 0) is 17.0 Å². The Hall–Kier alpha value is -3.76. The highest BCUT2D eigenvalue weighted by Gasteiger charge is 2.35. The van der Waals surface area contributed by atoms with Crippen LogP contribution in [0.4, 0.5) is 22.7 Å². The molecule has 0 saturated carbocycles. The van der Waals surface area contributed by atoms with E-state index in [1.807, 2.05) is 0 Å². The average molecular weight is 317 g/mol. The van der Waals surface area contributed by atoms with Crippen molar-refractivity contribution in [2.75, 3.05) is 5.32 Å². The van der Waals surface area contributed by atoms with Crippen molar-refractivity contribution in [2.45, 2.75) is 0 Å². The Labute approximate surface area is 126 Å². The molecule has 11 heteroatoms. The second-order valence-electron chi connectivity index (χ2n) is 4.42. The van der Waals surface area contributed by atoms with E-state index in [9.17, 15) is 25.4 Å². The first kappa shape index (κ1) is 14.2. The number of hydrogen-bond acceptors (Lipinski definition) is 8. The van der Waals surface area contributed by atoms with Gasteiger partial charge in [0.15, 0.2) is 0 Å². The third-order valence-corrected chi connectivity index (χ3v) is 3.06. The van der Waals surface area contributed by atoms with Crippen LogP contribution in [0.1, 0.15) is 0 Å². The Bertz CT molecular complexity index is 923. The monoisotopic (exact) mass is 317 g/mol. The predicted octanol–water partition coefficient (Wildman–Crippen LogP) is 2.02. The fraction of sp³-hybridized carbons (Fsp3) is 0. The standard InChI is InChI=1S/C12H7N5O6/c18-15(19)8-6-9-11(14-23-17(9)22)12(16(20)21)10(8)13-7-4-2-1-3-5-7/h1-6,13H. The number of hydrogen-bond donors (Lipinski definition) is 1. The number of nitrogens with zero attached hydrogens (tertiary/aromatic N) is 4. The first-order valence-corrected chi connectivity index (χ1v) is 6.16. The van der Waals surface area contributed by atoms with Crippen molar-refractivity contribution in [2.24, 2.45) is 0 Å². The predicted molar refractivity (Wildman–Crippen MR) is 76.0 cm³/mol. The molecular weight excluding hydrogens is 310 g/mol. The van der Waals surface area contributed by atoms with Crippen LogP contribution in [0.15, 0.2) is 41.0 Å². The molecule has 3 aromatic rings. The molecule has 1 aromatic heterocycles. The molecule has 0 saturated heterocycles. The molecule has 0 spiro atoms. The fourth-order valence-corrected chi connectivity index (χ4v) is 2.09. The molecule has 116 valence electrons. The molecule has 1 N–H and O–H groups in total. The van der Waals surface area contributed by atoms with Gasteiger partial charge in [-0.15, -0.1) is 0 Å². The smallest absolute Gasteiger partial charge is 0.357 e. The van der Waals surface area contributed by atoms with Crippen LogP contribution in [-0.2, 0) is 0 Å². The average Bonchev–Trinajstić information content (AvgIpc) is 2.88. The van der Waals surface area contributed by atoms with Crippen LogP contribution in [0.25, 0.3) is 11.0 Å². The van der Waals surface area contributed by atoms with Crippen molar-refractivity contribution in [3.63, 3.8) is 0 Å². The van der Waals surface area contributed by atoms with Gasteiger partial charge in [-0.25, -0.2) is 0 Å². The highest BCUT2D eigenvalue weighted by molar-refractivity contribution is 5.96. The second-order valence-corrected chi connectivity index (χ2v) is 4.42. The van der Waals surface area contributed by atoms with Gasteiger partial charge in [0.1, 0.15) is 0 Å². The lowest BCUT2D eigenvalue weighted by molar-refractivity contribution is -0.782. The largest absolute Gasteiger partial charge is 0.359 e. The van der Waals surface area contributed by atoms with Crippen molar-refractivity contribution in [1.29, 1.82) is 0 Å². The van der Waals surface area contributed by atoms with E-state index in [0.29, 0.717) is 5.69 Å². The minimum Gasteiger partial charge on any atom is -0.359 e. The number of anilines is 2. The molecule has 0 aliphatic heterocycles. The van der Waals surface area contributed by atoms with Gasteiger partial charge in [0.05, 0.1) is 21.1 Å². The number of nitrogens with one attached hydrogen (secondary N) is 1. The zero-order valence-electron chi connectivity index (χ0n) is 11.2. The van der Waals surface area contributed by atoms with Gasteiger partial charge in [-0.3, -0.25) is 24.9 Å². The van der Waals surface area contributed by atoms with E-state index in [0.717, 1.165) is 6.07 Å². The summed E-state index contributed by atoms with van der Waals surface area (Å²) in [4.78, 5) is 20.8. The van der Waals surface area contributed by atoms with Crippen LogP contribution < -0.4 is 10.2 Å². The summed E-state index contributed by atoms with van der Waals surface area (Å²) < 4.78 is 4.30. The van der Waals surface area contributed by atoms with Crippen LogP contribution in [-0.4, -0.2) is 15.0 Å². The molecule has 23 heavy (non-hydrogen) atoms. The van der Waals surface area contributed by atoms with Crippen molar-refractivity contribution >= 4 is 33.8 Å². The van der Waals surface area contributed by atoms with Crippen molar-refractivity contribution in [3.8, 4) is 0 Å². The summed E-state index contributed by atoms with van der Waals surface area (Å²) in [6.07, 6.45) is 0. The van der Waals surface area contributed by atoms with Crippen molar-refractivity contribution in [3.05, 3.63) is 61.8 Å². The molecule has 0 amide bonds. The maximum atomic E-state index is 11.4. The number of benzene rings is 2. The Morgan fingerprint density at radius 2 is 1.83 bits per heavy atom. The number of nitro benzene ring substituents is 2. The lowest BCUT2D eigenvalue weighted by Gasteiger charge is -2.06. The zero-order chi connectivity index (χ0) is 16.6. The molecule has 0 unspecified atom stereocenters. The first-order chi connectivity index (χ1) is 11.0. The summed E-state index contributed by atoms with van der Waals surface area (Å²) in [6.45, 7) is 0. The van der Waals surface area contributed by atoms with E-state index >= 15 is 0 Å². The maximum Gasteiger partial charge on any atom is 0.357 e. The Morgan fingerprint density at radius 1 is 1.13 bits per heavy atom. The molecule has 11 nitrogen and oxygen atoms in total. The van der Waals surface area contributed by atoms with Crippen molar-refractivity contribution < 1.29 is 19.4 Å². The van der Waals surface area contributed by atoms with Gasteiger partial charge < -0.3 is 10.5 Å². The van der Waals surface area contributed by atoms with Crippen LogP contribution in [0.3, 0.4) is 0 Å². The Balaban J connectivity index is 2.32. The normalized spacial score (nSPS) is 10.6. The highest BCUT2D eigenvalue weighted by Crippen LogP contribution is 2.40. The summed E-state index contributed by atoms with van der Waals surface area (Å²) in [5.41, 5.74) is -2.11. The van der Waals surface area contributed by atoms with E-state index in [1.54, 1.807) is 30.3 Å². The second kappa shape index (κ2) is 5.22. The SMILES string of the molecule is O=[N+]([O-])c1cc2c(no[n+]2[O-])c([N+](=O)[O-])c1Nc1ccccc1. The number of fused-ring (bicyclic) bond motifs is 1. The minimum atomic E-state index is -0.858. The molecule has 3 rings (SSSR count). The minimum absolute atomic E-state index is 0.123. The fourth-order valence-electron chi connectivity index (χ4n) is 2.09. The number of nitro groups is 2.